The van der Waals surface area contributed by atoms with E-state index in [2.05, 4.69) is 6.92 Å². The minimum absolute atomic E-state index is 0.429. The molecular weight excluding hydrogens is 204 g/mol. The van der Waals surface area contributed by atoms with E-state index in [1.165, 1.54) is 0 Å². The largest absolute Gasteiger partial charge is 0.513 e. The smallest absolute Gasteiger partial charge is 0.434 e. The average Bonchev–Trinajstić information content (AvgIpc) is 2.28. The first-order valence-corrected chi connectivity index (χ1v) is 5.63. The summed E-state index contributed by atoms with van der Waals surface area (Å²) < 4.78 is 9.91. The van der Waals surface area contributed by atoms with Gasteiger partial charge in [0.05, 0.1) is 6.61 Å². The molecule has 0 aromatic heterocycles. The van der Waals surface area contributed by atoms with Crippen LogP contribution in [0.4, 0.5) is 4.79 Å². The van der Waals surface area contributed by atoms with E-state index in [0.717, 1.165) is 24.8 Å². The third-order valence-electron chi connectivity index (χ3n) is 2.19. The first-order chi connectivity index (χ1) is 7.72. The summed E-state index contributed by atoms with van der Waals surface area (Å²) >= 11 is 0. The normalized spacial score (nSPS) is 9.88. The quantitative estimate of drug-likeness (QED) is 0.433. The second-order valence-corrected chi connectivity index (χ2v) is 3.72. The van der Waals surface area contributed by atoms with E-state index in [0.29, 0.717) is 12.4 Å². The molecule has 3 nitrogen and oxygen atoms in total. The Balaban J connectivity index is 2.26. The summed E-state index contributed by atoms with van der Waals surface area (Å²) in [5.74, 6) is 0.520. The van der Waals surface area contributed by atoms with Crippen LogP contribution < -0.4 is 4.74 Å². The number of aryl methyl sites for hydroxylation is 1. The zero-order valence-corrected chi connectivity index (χ0v) is 9.86. The molecule has 0 bridgehead atoms. The fourth-order valence-corrected chi connectivity index (χ4v) is 1.24. The highest BCUT2D eigenvalue weighted by Gasteiger charge is 2.04. The molecule has 0 saturated carbocycles. The molecule has 1 aromatic rings. The molecule has 3 heteroatoms. The van der Waals surface area contributed by atoms with Gasteiger partial charge in [-0.1, -0.05) is 37.5 Å². The van der Waals surface area contributed by atoms with Crippen molar-refractivity contribution in [1.82, 2.24) is 0 Å². The lowest BCUT2D eigenvalue weighted by atomic mass is 10.2. The van der Waals surface area contributed by atoms with Gasteiger partial charge >= 0.3 is 6.16 Å². The van der Waals surface area contributed by atoms with Gasteiger partial charge in [0.25, 0.3) is 0 Å². The van der Waals surface area contributed by atoms with Crippen LogP contribution in [0.1, 0.15) is 31.7 Å². The highest BCUT2D eigenvalue weighted by Crippen LogP contribution is 2.12. The molecular formula is C13H18O3. The topological polar surface area (TPSA) is 35.5 Å². The maximum Gasteiger partial charge on any atom is 0.513 e. The summed E-state index contributed by atoms with van der Waals surface area (Å²) in [5, 5.41) is 0. The van der Waals surface area contributed by atoms with Gasteiger partial charge in [-0.15, -0.1) is 0 Å². The van der Waals surface area contributed by atoms with Gasteiger partial charge in [-0.25, -0.2) is 4.79 Å². The number of benzene rings is 1. The van der Waals surface area contributed by atoms with Crippen LogP contribution in [0.25, 0.3) is 0 Å². The summed E-state index contributed by atoms with van der Waals surface area (Å²) in [6.45, 7) is 4.51. The molecule has 0 aliphatic carbocycles. The molecule has 0 aliphatic rings. The van der Waals surface area contributed by atoms with Crippen LogP contribution in [-0.2, 0) is 4.74 Å². The molecule has 0 amide bonds. The molecule has 0 unspecified atom stereocenters. The van der Waals surface area contributed by atoms with Crippen LogP contribution in [0, 0.1) is 6.92 Å². The van der Waals surface area contributed by atoms with Crippen molar-refractivity contribution in [2.75, 3.05) is 6.61 Å². The van der Waals surface area contributed by atoms with Crippen molar-refractivity contribution in [1.29, 1.82) is 0 Å². The van der Waals surface area contributed by atoms with Crippen molar-refractivity contribution in [3.05, 3.63) is 29.8 Å². The molecule has 1 aromatic carbocycles. The third-order valence-corrected chi connectivity index (χ3v) is 2.19. The standard InChI is InChI=1S/C13H18O3/c1-3-4-5-10-15-13(14)16-12-8-6-11(2)7-9-12/h6-9H,3-5,10H2,1-2H3. The summed E-state index contributed by atoms with van der Waals surface area (Å²) in [6, 6.07) is 7.28. The molecule has 0 spiro atoms. The van der Waals surface area contributed by atoms with Crippen molar-refractivity contribution in [3.8, 4) is 5.75 Å². The van der Waals surface area contributed by atoms with Crippen LogP contribution in [0.15, 0.2) is 24.3 Å². The maximum absolute atomic E-state index is 11.2. The average molecular weight is 222 g/mol. The van der Waals surface area contributed by atoms with Gasteiger partial charge in [0, 0.05) is 0 Å². The molecule has 1 rings (SSSR count). The van der Waals surface area contributed by atoms with Gasteiger partial charge in [0.2, 0.25) is 0 Å². The number of carbonyl (C=O) groups excluding carboxylic acids is 1. The zero-order chi connectivity index (χ0) is 11.8. The molecule has 0 saturated heterocycles. The molecule has 0 N–H and O–H groups in total. The predicted octanol–water partition coefficient (Wildman–Crippen LogP) is 3.70. The lowest BCUT2D eigenvalue weighted by molar-refractivity contribution is 0.0974. The van der Waals surface area contributed by atoms with Gasteiger partial charge in [-0.2, -0.15) is 0 Å². The van der Waals surface area contributed by atoms with Gasteiger partial charge in [-0.3, -0.25) is 0 Å². The summed E-state index contributed by atoms with van der Waals surface area (Å²) in [7, 11) is 0. The monoisotopic (exact) mass is 222 g/mol. The van der Waals surface area contributed by atoms with Crippen molar-refractivity contribution < 1.29 is 14.3 Å². The van der Waals surface area contributed by atoms with E-state index in [1.54, 1.807) is 12.1 Å². The maximum atomic E-state index is 11.2. The van der Waals surface area contributed by atoms with Crippen molar-refractivity contribution in [2.24, 2.45) is 0 Å². The molecule has 16 heavy (non-hydrogen) atoms. The number of carbonyl (C=O) groups is 1. The minimum atomic E-state index is -0.625. The number of unbranched alkanes of at least 4 members (excludes halogenated alkanes) is 2. The van der Waals surface area contributed by atoms with Gasteiger partial charge in [0.1, 0.15) is 5.75 Å². The Bertz CT molecular complexity index is 316. The lowest BCUT2D eigenvalue weighted by Gasteiger charge is -2.05. The number of hydrogen-bond acceptors (Lipinski definition) is 3. The number of rotatable bonds is 5. The Morgan fingerprint density at radius 3 is 2.50 bits per heavy atom. The van der Waals surface area contributed by atoms with Gasteiger partial charge in [-0.05, 0) is 25.5 Å². The van der Waals surface area contributed by atoms with E-state index < -0.39 is 6.16 Å². The van der Waals surface area contributed by atoms with E-state index >= 15 is 0 Å². The number of hydrogen-bond donors (Lipinski definition) is 0. The van der Waals surface area contributed by atoms with Gasteiger partial charge < -0.3 is 9.47 Å². The van der Waals surface area contributed by atoms with Crippen molar-refractivity contribution in [2.45, 2.75) is 33.1 Å². The Morgan fingerprint density at radius 2 is 1.88 bits per heavy atom. The molecule has 0 fully saturated rings. The van der Waals surface area contributed by atoms with E-state index in [9.17, 15) is 4.79 Å². The molecule has 0 aliphatic heterocycles. The van der Waals surface area contributed by atoms with Crippen LogP contribution in [0.2, 0.25) is 0 Å². The van der Waals surface area contributed by atoms with Gasteiger partial charge in [0.15, 0.2) is 0 Å². The Hall–Kier alpha value is -1.51. The van der Waals surface area contributed by atoms with Crippen LogP contribution >= 0.6 is 0 Å². The Morgan fingerprint density at radius 1 is 1.19 bits per heavy atom. The predicted molar refractivity (Wildman–Crippen MR) is 62.7 cm³/mol. The van der Waals surface area contributed by atoms with Crippen molar-refractivity contribution >= 4 is 6.16 Å². The first kappa shape index (κ1) is 12.6. The summed E-state index contributed by atoms with van der Waals surface area (Å²) in [6.07, 6.45) is 2.44. The second kappa shape index (κ2) is 6.88. The van der Waals surface area contributed by atoms with E-state index in [4.69, 9.17) is 9.47 Å². The fraction of sp³-hybridized carbons (Fsp3) is 0.462. The molecule has 0 radical (unpaired) electrons. The highest BCUT2D eigenvalue weighted by atomic mass is 16.7. The lowest BCUT2D eigenvalue weighted by Crippen LogP contribution is -2.11. The van der Waals surface area contributed by atoms with Crippen LogP contribution in [-0.4, -0.2) is 12.8 Å². The van der Waals surface area contributed by atoms with Crippen LogP contribution in [0.3, 0.4) is 0 Å². The first-order valence-electron chi connectivity index (χ1n) is 5.63. The third kappa shape index (κ3) is 4.82. The zero-order valence-electron chi connectivity index (χ0n) is 9.86. The summed E-state index contributed by atoms with van der Waals surface area (Å²) in [5.41, 5.74) is 1.13. The van der Waals surface area contributed by atoms with E-state index in [-0.39, 0.29) is 0 Å². The van der Waals surface area contributed by atoms with Crippen LogP contribution in [0.5, 0.6) is 5.75 Å². The van der Waals surface area contributed by atoms with Crippen molar-refractivity contribution in [3.63, 3.8) is 0 Å². The Kier molecular flexibility index (Phi) is 5.40. The number of ether oxygens (including phenoxy) is 2. The fourth-order valence-electron chi connectivity index (χ4n) is 1.24. The SMILES string of the molecule is CCCCCOC(=O)Oc1ccc(C)cc1. The second-order valence-electron chi connectivity index (χ2n) is 3.72. The minimum Gasteiger partial charge on any atom is -0.434 e. The highest BCUT2D eigenvalue weighted by molar-refractivity contribution is 5.63. The van der Waals surface area contributed by atoms with E-state index in [1.807, 2.05) is 19.1 Å². The summed E-state index contributed by atoms with van der Waals surface area (Å²) in [4.78, 5) is 11.2. The molecule has 88 valence electrons. The molecule has 0 atom stereocenters. The Labute approximate surface area is 96.4 Å². The molecule has 0 heterocycles.